The quantitative estimate of drug-likeness (QED) is 0.0937. The van der Waals surface area contributed by atoms with Gasteiger partial charge < -0.3 is 27.4 Å². The van der Waals surface area contributed by atoms with E-state index in [-0.39, 0.29) is 5.96 Å². The average molecular weight is 459 g/mol. The highest BCUT2D eigenvalue weighted by molar-refractivity contribution is 5.75. The molecule has 8 N–H and O–H groups in total. The fourth-order valence-corrected chi connectivity index (χ4v) is 3.29. The number of carboxylic acid groups (broad SMARTS) is 2. The van der Waals surface area contributed by atoms with Crippen molar-refractivity contribution in [2.75, 3.05) is 6.54 Å². The second-order valence-electron chi connectivity index (χ2n) is 8.49. The van der Waals surface area contributed by atoms with Crippen LogP contribution in [-0.4, -0.2) is 40.7 Å². The molecular weight excluding hydrogens is 408 g/mol. The summed E-state index contributed by atoms with van der Waals surface area (Å²) in [5.74, 6) is -1.64. The normalized spacial score (nSPS) is 11.3. The Balaban J connectivity index is 0. The summed E-state index contributed by atoms with van der Waals surface area (Å²) in [6, 6.07) is -0.820. The van der Waals surface area contributed by atoms with Gasteiger partial charge in [0, 0.05) is 13.0 Å². The number of nitrogens with zero attached hydrogens (tertiary/aromatic N) is 1. The molecule has 1 atom stereocenters. The van der Waals surface area contributed by atoms with Crippen LogP contribution >= 0.6 is 0 Å². The molecule has 0 saturated heterocycles. The van der Waals surface area contributed by atoms with Gasteiger partial charge in [0.05, 0.1) is 0 Å². The molecule has 0 radical (unpaired) electrons. The lowest BCUT2D eigenvalue weighted by atomic mass is 10.0. The fraction of sp³-hybridized carbons (Fsp3) is 0.875. The molecule has 0 aromatic carbocycles. The van der Waals surface area contributed by atoms with Crippen LogP contribution < -0.4 is 17.2 Å². The van der Waals surface area contributed by atoms with E-state index in [4.69, 9.17) is 27.4 Å². The predicted octanol–water partition coefficient (Wildman–Crippen LogP) is 4.78. The minimum atomic E-state index is -1.00. The molecule has 0 amide bonds. The van der Waals surface area contributed by atoms with E-state index in [1.807, 2.05) is 0 Å². The van der Waals surface area contributed by atoms with Crippen molar-refractivity contribution in [3.05, 3.63) is 0 Å². The van der Waals surface area contributed by atoms with E-state index < -0.39 is 18.0 Å². The van der Waals surface area contributed by atoms with Crippen molar-refractivity contribution >= 4 is 17.9 Å². The molecule has 32 heavy (non-hydrogen) atoms. The Hall–Kier alpha value is -1.83. The molecule has 0 aliphatic rings. The number of hydrogen-bond acceptors (Lipinski definition) is 4. The maximum absolute atomic E-state index is 10.3. The largest absolute Gasteiger partial charge is 0.481 e. The highest BCUT2D eigenvalue weighted by Gasteiger charge is 2.09. The highest BCUT2D eigenvalue weighted by atomic mass is 16.4. The second-order valence-corrected chi connectivity index (χ2v) is 8.49. The summed E-state index contributed by atoms with van der Waals surface area (Å²) in [5.41, 5.74) is 15.3. The van der Waals surface area contributed by atoms with Gasteiger partial charge in [-0.05, 0) is 19.3 Å². The lowest BCUT2D eigenvalue weighted by molar-refractivity contribution is -0.139. The van der Waals surface area contributed by atoms with Crippen LogP contribution in [0.25, 0.3) is 0 Å². The highest BCUT2D eigenvalue weighted by Crippen LogP contribution is 2.13. The Bertz CT molecular complexity index is 469. The van der Waals surface area contributed by atoms with Crippen LogP contribution in [0.15, 0.2) is 4.99 Å². The van der Waals surface area contributed by atoms with Crippen molar-refractivity contribution in [2.24, 2.45) is 22.2 Å². The second kappa shape index (κ2) is 25.4. The fourth-order valence-electron chi connectivity index (χ4n) is 3.29. The molecular formula is C24H50N4O4. The third-order valence-electron chi connectivity index (χ3n) is 5.28. The molecule has 0 spiro atoms. The maximum atomic E-state index is 10.3. The molecule has 0 saturated carbocycles. The minimum Gasteiger partial charge on any atom is -0.481 e. The number of nitrogens with two attached hydrogens (primary N) is 3. The standard InChI is InChI=1S/C18H36O2.C6H14N4O2/c1-2-3-4-5-6-7-8-9-10-11-12-13-14-15-16-17-18(19)20;7-4(5(11)12)2-1-3-10-6(8)9/h2-17H2,1H3,(H,19,20);4H,1-3,7H2,(H,11,12)(H4,8,9,10). The Kier molecular flexibility index (Phi) is 25.7. The van der Waals surface area contributed by atoms with Gasteiger partial charge in [-0.1, -0.05) is 96.8 Å². The summed E-state index contributed by atoms with van der Waals surface area (Å²) in [6.45, 7) is 2.69. The van der Waals surface area contributed by atoms with E-state index in [1.54, 1.807) is 0 Å². The van der Waals surface area contributed by atoms with Crippen molar-refractivity contribution in [3.8, 4) is 0 Å². The van der Waals surface area contributed by atoms with Crippen molar-refractivity contribution < 1.29 is 19.8 Å². The zero-order chi connectivity index (χ0) is 24.5. The molecule has 0 aromatic rings. The lowest BCUT2D eigenvalue weighted by Gasteiger charge is -2.03. The van der Waals surface area contributed by atoms with E-state index in [0.29, 0.717) is 25.8 Å². The third kappa shape index (κ3) is 30.4. The summed E-state index contributed by atoms with van der Waals surface area (Å²) in [7, 11) is 0. The molecule has 0 aliphatic heterocycles. The van der Waals surface area contributed by atoms with Gasteiger partial charge in [-0.25, -0.2) is 0 Å². The Morgan fingerprint density at radius 1 is 0.719 bits per heavy atom. The summed E-state index contributed by atoms with van der Waals surface area (Å²) in [5, 5.41) is 16.9. The monoisotopic (exact) mass is 458 g/mol. The van der Waals surface area contributed by atoms with Crippen LogP contribution in [0.1, 0.15) is 122 Å². The number of aliphatic imine (C=N–C) groups is 1. The van der Waals surface area contributed by atoms with Crippen LogP contribution in [0.4, 0.5) is 0 Å². The van der Waals surface area contributed by atoms with Crippen molar-refractivity contribution in [3.63, 3.8) is 0 Å². The van der Waals surface area contributed by atoms with Crippen LogP contribution in [-0.2, 0) is 9.59 Å². The van der Waals surface area contributed by atoms with Gasteiger partial charge in [0.2, 0.25) is 0 Å². The smallest absolute Gasteiger partial charge is 0.320 e. The topological polar surface area (TPSA) is 165 Å². The molecule has 0 bridgehead atoms. The number of rotatable bonds is 21. The number of aliphatic carboxylic acids is 2. The molecule has 0 rings (SSSR count). The Morgan fingerprint density at radius 3 is 1.47 bits per heavy atom. The number of unbranched alkanes of at least 4 members (excludes halogenated alkanes) is 14. The zero-order valence-electron chi connectivity index (χ0n) is 20.4. The van der Waals surface area contributed by atoms with Crippen LogP contribution in [0.3, 0.4) is 0 Å². The molecule has 0 fully saturated rings. The summed E-state index contributed by atoms with van der Waals surface area (Å²) >= 11 is 0. The van der Waals surface area contributed by atoms with Crippen molar-refractivity contribution in [1.82, 2.24) is 0 Å². The first-order valence-electron chi connectivity index (χ1n) is 12.6. The number of carboxylic acids is 2. The summed E-state index contributed by atoms with van der Waals surface area (Å²) in [4.78, 5) is 24.2. The average Bonchev–Trinajstić information content (AvgIpc) is 2.74. The van der Waals surface area contributed by atoms with Gasteiger partial charge in [0.15, 0.2) is 5.96 Å². The number of carbonyl (C=O) groups is 2. The summed E-state index contributed by atoms with van der Waals surface area (Å²) in [6.07, 6.45) is 21.2. The number of guanidine groups is 1. The Labute approximate surface area is 195 Å². The summed E-state index contributed by atoms with van der Waals surface area (Å²) < 4.78 is 0. The predicted molar refractivity (Wildman–Crippen MR) is 133 cm³/mol. The minimum absolute atomic E-state index is 0.0129. The SMILES string of the molecule is CCCCCCCCCCCCCCCCCC(=O)O.NC(N)=NCCCC(N)C(=O)O. The van der Waals surface area contributed by atoms with Gasteiger partial charge in [-0.2, -0.15) is 0 Å². The van der Waals surface area contributed by atoms with E-state index in [0.717, 1.165) is 12.8 Å². The van der Waals surface area contributed by atoms with Gasteiger partial charge in [-0.3, -0.25) is 14.6 Å². The van der Waals surface area contributed by atoms with Gasteiger partial charge >= 0.3 is 11.9 Å². The van der Waals surface area contributed by atoms with E-state index in [9.17, 15) is 9.59 Å². The third-order valence-corrected chi connectivity index (χ3v) is 5.28. The zero-order valence-corrected chi connectivity index (χ0v) is 20.4. The van der Waals surface area contributed by atoms with E-state index in [2.05, 4.69) is 11.9 Å². The lowest BCUT2D eigenvalue weighted by Crippen LogP contribution is -2.30. The molecule has 0 heterocycles. The van der Waals surface area contributed by atoms with Gasteiger partial charge in [0.1, 0.15) is 6.04 Å². The Morgan fingerprint density at radius 2 is 1.12 bits per heavy atom. The van der Waals surface area contributed by atoms with Crippen LogP contribution in [0.2, 0.25) is 0 Å². The first-order chi connectivity index (χ1) is 15.3. The van der Waals surface area contributed by atoms with Gasteiger partial charge in [-0.15, -0.1) is 0 Å². The molecule has 8 nitrogen and oxygen atoms in total. The van der Waals surface area contributed by atoms with Crippen LogP contribution in [0, 0.1) is 0 Å². The molecule has 8 heteroatoms. The van der Waals surface area contributed by atoms with Gasteiger partial charge in [0.25, 0.3) is 0 Å². The van der Waals surface area contributed by atoms with Crippen LogP contribution in [0.5, 0.6) is 0 Å². The van der Waals surface area contributed by atoms with Crippen molar-refractivity contribution in [2.45, 2.75) is 129 Å². The molecule has 0 aliphatic carbocycles. The maximum Gasteiger partial charge on any atom is 0.320 e. The van der Waals surface area contributed by atoms with E-state index in [1.165, 1.54) is 83.5 Å². The first-order valence-corrected chi connectivity index (χ1v) is 12.6. The molecule has 1 unspecified atom stereocenters. The van der Waals surface area contributed by atoms with Crippen molar-refractivity contribution in [1.29, 1.82) is 0 Å². The number of hydrogen-bond donors (Lipinski definition) is 5. The molecule has 190 valence electrons. The first kappa shape index (κ1) is 32.4. The van der Waals surface area contributed by atoms with E-state index >= 15 is 0 Å². The molecule has 0 aromatic heterocycles.